The Morgan fingerprint density at radius 3 is 2.45 bits per heavy atom. The molecule has 9 atom stereocenters. The van der Waals surface area contributed by atoms with E-state index in [1.807, 2.05) is 6.08 Å². The van der Waals surface area contributed by atoms with Crippen molar-refractivity contribution in [3.8, 4) is 0 Å². The maximum absolute atomic E-state index is 12.3. The van der Waals surface area contributed by atoms with Crippen LogP contribution in [0.4, 0.5) is 0 Å². The molecule has 3 saturated carbocycles. The van der Waals surface area contributed by atoms with Gasteiger partial charge in [0.25, 0.3) is 0 Å². The highest BCUT2D eigenvalue weighted by molar-refractivity contribution is 5.91. The summed E-state index contributed by atoms with van der Waals surface area (Å²) in [6.07, 6.45) is 12.0. The lowest BCUT2D eigenvalue weighted by Crippen LogP contribution is -2.57. The average Bonchev–Trinajstić information content (AvgIpc) is 3.11. The molecule has 0 aromatic rings. The monoisotopic (exact) mass is 456 g/mol. The Morgan fingerprint density at radius 2 is 1.79 bits per heavy atom. The van der Waals surface area contributed by atoms with Crippen LogP contribution < -0.4 is 0 Å². The molecule has 0 spiro atoms. The quantitative estimate of drug-likeness (QED) is 0.391. The van der Waals surface area contributed by atoms with Crippen LogP contribution in [0.1, 0.15) is 106 Å². The molecule has 0 unspecified atom stereocenters. The van der Waals surface area contributed by atoms with Crippen molar-refractivity contribution in [1.29, 1.82) is 0 Å². The standard InChI is InChI=1S/C30H48O3/c1-18(2)19(3)8-9-20(4)25-12-13-26-24-11-10-22-16-23(32)14-15-29(22,6)27(24)17-28(30(25,26)7)33-21(5)31/h16,18-20,24-28H,8-15,17H2,1-7H3/t19-,20-,24+,25-,26+,27+,28+,29+,30-/m1/s1. The van der Waals surface area contributed by atoms with E-state index < -0.39 is 0 Å². The van der Waals surface area contributed by atoms with E-state index in [2.05, 4.69) is 41.5 Å². The highest BCUT2D eigenvalue weighted by Gasteiger charge is 2.64. The second kappa shape index (κ2) is 9.15. The van der Waals surface area contributed by atoms with Gasteiger partial charge in [0.1, 0.15) is 6.10 Å². The number of hydrogen-bond donors (Lipinski definition) is 0. The molecule has 33 heavy (non-hydrogen) atoms. The van der Waals surface area contributed by atoms with Crippen LogP contribution in [0, 0.1) is 52.3 Å². The lowest BCUT2D eigenvalue weighted by molar-refractivity contribution is -0.181. The number of ether oxygens (including phenoxy) is 1. The van der Waals surface area contributed by atoms with Gasteiger partial charge in [-0.25, -0.2) is 0 Å². The van der Waals surface area contributed by atoms with E-state index in [1.165, 1.54) is 37.7 Å². The summed E-state index contributed by atoms with van der Waals surface area (Å²) in [4.78, 5) is 24.5. The lowest BCUT2D eigenvalue weighted by atomic mass is 9.45. The van der Waals surface area contributed by atoms with Crippen molar-refractivity contribution in [2.45, 2.75) is 112 Å². The van der Waals surface area contributed by atoms with Crippen molar-refractivity contribution >= 4 is 11.8 Å². The minimum Gasteiger partial charge on any atom is -0.462 e. The van der Waals surface area contributed by atoms with Crippen LogP contribution in [-0.2, 0) is 14.3 Å². The van der Waals surface area contributed by atoms with Crippen LogP contribution in [0.2, 0.25) is 0 Å². The van der Waals surface area contributed by atoms with Gasteiger partial charge < -0.3 is 4.74 Å². The summed E-state index contributed by atoms with van der Waals surface area (Å²) in [7, 11) is 0. The molecule has 4 aliphatic rings. The third kappa shape index (κ3) is 4.25. The topological polar surface area (TPSA) is 43.4 Å². The smallest absolute Gasteiger partial charge is 0.302 e. The van der Waals surface area contributed by atoms with Gasteiger partial charge >= 0.3 is 5.97 Å². The molecule has 0 amide bonds. The van der Waals surface area contributed by atoms with Crippen LogP contribution in [0.3, 0.4) is 0 Å². The second-order valence-corrected chi connectivity index (χ2v) is 13.1. The van der Waals surface area contributed by atoms with Crippen LogP contribution >= 0.6 is 0 Å². The van der Waals surface area contributed by atoms with Gasteiger partial charge in [-0.2, -0.15) is 0 Å². The Hall–Kier alpha value is -1.12. The van der Waals surface area contributed by atoms with Crippen LogP contribution in [-0.4, -0.2) is 17.9 Å². The SMILES string of the molecule is CC(=O)O[C@H]1C[C@H]2[C@@H](CCC3=CC(=O)CC[C@@]32C)[C@@H]2CC[C@H]([C@H](C)CC[C@@H](C)C(C)C)[C@@]12C. The van der Waals surface area contributed by atoms with Crippen molar-refractivity contribution in [2.24, 2.45) is 52.3 Å². The van der Waals surface area contributed by atoms with Gasteiger partial charge in [0.15, 0.2) is 5.78 Å². The number of hydrogen-bond acceptors (Lipinski definition) is 3. The fraction of sp³-hybridized carbons (Fsp3) is 0.867. The Kier molecular flexibility index (Phi) is 6.93. The Morgan fingerprint density at radius 1 is 1.06 bits per heavy atom. The number of carbonyl (C=O) groups is 2. The first-order valence-corrected chi connectivity index (χ1v) is 13.9. The third-order valence-corrected chi connectivity index (χ3v) is 11.3. The summed E-state index contributed by atoms with van der Waals surface area (Å²) < 4.78 is 6.22. The number of ketones is 1. The van der Waals surface area contributed by atoms with Crippen molar-refractivity contribution in [2.75, 3.05) is 0 Å². The van der Waals surface area contributed by atoms with Crippen molar-refractivity contribution in [3.05, 3.63) is 11.6 Å². The summed E-state index contributed by atoms with van der Waals surface area (Å²) in [5.41, 5.74) is 1.57. The summed E-state index contributed by atoms with van der Waals surface area (Å²) in [5.74, 6) is 4.83. The number of fused-ring (bicyclic) bond motifs is 5. The van der Waals surface area contributed by atoms with Gasteiger partial charge in [-0.3, -0.25) is 9.59 Å². The summed E-state index contributed by atoms with van der Waals surface area (Å²) in [6, 6.07) is 0. The molecule has 0 saturated heterocycles. The van der Waals surface area contributed by atoms with Gasteiger partial charge in [0.2, 0.25) is 0 Å². The molecule has 0 aromatic carbocycles. The number of esters is 1. The van der Waals surface area contributed by atoms with E-state index in [0.29, 0.717) is 41.8 Å². The first-order valence-electron chi connectivity index (χ1n) is 13.9. The van der Waals surface area contributed by atoms with Gasteiger partial charge in [-0.1, -0.05) is 60.0 Å². The third-order valence-electron chi connectivity index (χ3n) is 11.3. The summed E-state index contributed by atoms with van der Waals surface area (Å²) in [5, 5.41) is 0. The number of carbonyl (C=O) groups excluding carboxylic acids is 2. The predicted molar refractivity (Wildman–Crippen MR) is 134 cm³/mol. The predicted octanol–water partition coefficient (Wildman–Crippen LogP) is 7.38. The van der Waals surface area contributed by atoms with E-state index in [9.17, 15) is 9.59 Å². The van der Waals surface area contributed by atoms with E-state index in [1.54, 1.807) is 6.92 Å². The zero-order valence-electron chi connectivity index (χ0n) is 22.3. The molecule has 4 aliphatic carbocycles. The fourth-order valence-electron chi connectivity index (χ4n) is 8.90. The second-order valence-electron chi connectivity index (χ2n) is 13.1. The summed E-state index contributed by atoms with van der Waals surface area (Å²) >= 11 is 0. The minimum atomic E-state index is -0.124. The number of allylic oxidation sites excluding steroid dienone is 1. The van der Waals surface area contributed by atoms with Crippen LogP contribution in [0.5, 0.6) is 0 Å². The van der Waals surface area contributed by atoms with Gasteiger partial charge in [-0.15, -0.1) is 0 Å². The molecule has 4 rings (SSSR count). The minimum absolute atomic E-state index is 0.00697. The molecule has 186 valence electrons. The number of rotatable bonds is 6. The van der Waals surface area contributed by atoms with Crippen LogP contribution in [0.25, 0.3) is 0 Å². The molecule has 3 heteroatoms. The largest absolute Gasteiger partial charge is 0.462 e. The average molecular weight is 457 g/mol. The van der Waals surface area contributed by atoms with Crippen molar-refractivity contribution < 1.29 is 14.3 Å². The molecule has 0 aliphatic heterocycles. The normalized spacial score (nSPS) is 42.1. The molecule has 0 heterocycles. The molecule has 3 fully saturated rings. The highest BCUT2D eigenvalue weighted by atomic mass is 16.5. The zero-order valence-corrected chi connectivity index (χ0v) is 22.3. The molecule has 0 N–H and O–H groups in total. The molecular formula is C30H48O3. The maximum atomic E-state index is 12.3. The Labute approximate surface area is 202 Å². The highest BCUT2D eigenvalue weighted by Crippen LogP contribution is 2.68. The van der Waals surface area contributed by atoms with Gasteiger partial charge in [-0.05, 0) is 91.4 Å². The lowest BCUT2D eigenvalue weighted by Gasteiger charge is -2.60. The first-order chi connectivity index (χ1) is 15.5. The molecule has 0 bridgehead atoms. The molecule has 0 aromatic heterocycles. The van der Waals surface area contributed by atoms with E-state index in [-0.39, 0.29) is 22.9 Å². The van der Waals surface area contributed by atoms with E-state index in [0.717, 1.165) is 31.1 Å². The maximum Gasteiger partial charge on any atom is 0.302 e. The van der Waals surface area contributed by atoms with E-state index >= 15 is 0 Å². The first kappa shape index (κ1) is 25.0. The van der Waals surface area contributed by atoms with Crippen LogP contribution in [0.15, 0.2) is 11.6 Å². The van der Waals surface area contributed by atoms with Gasteiger partial charge in [0, 0.05) is 18.8 Å². The molecule has 3 nitrogen and oxygen atoms in total. The zero-order chi connectivity index (χ0) is 24.1. The van der Waals surface area contributed by atoms with E-state index in [4.69, 9.17) is 4.74 Å². The van der Waals surface area contributed by atoms with Crippen molar-refractivity contribution in [1.82, 2.24) is 0 Å². The van der Waals surface area contributed by atoms with Crippen molar-refractivity contribution in [3.63, 3.8) is 0 Å². The Balaban J connectivity index is 1.62. The molecular weight excluding hydrogens is 408 g/mol. The fourth-order valence-corrected chi connectivity index (χ4v) is 8.90. The summed E-state index contributed by atoms with van der Waals surface area (Å²) in [6.45, 7) is 16.0. The van der Waals surface area contributed by atoms with Gasteiger partial charge in [0.05, 0.1) is 0 Å². The Bertz CT molecular complexity index is 796. The molecule has 0 radical (unpaired) electrons.